The van der Waals surface area contributed by atoms with Crippen LogP contribution in [0, 0.1) is 0 Å². The van der Waals surface area contributed by atoms with Crippen LogP contribution in [-0.4, -0.2) is 4.98 Å². The summed E-state index contributed by atoms with van der Waals surface area (Å²) < 4.78 is 0. The van der Waals surface area contributed by atoms with E-state index in [4.69, 9.17) is 17.3 Å². The summed E-state index contributed by atoms with van der Waals surface area (Å²) in [5.41, 5.74) is 7.51. The van der Waals surface area contributed by atoms with Crippen molar-refractivity contribution in [2.45, 2.75) is 6.54 Å². The van der Waals surface area contributed by atoms with Crippen molar-refractivity contribution in [1.82, 2.24) is 4.98 Å². The van der Waals surface area contributed by atoms with Crippen molar-refractivity contribution in [2.75, 3.05) is 5.32 Å². The quantitative estimate of drug-likeness (QED) is 0.857. The fourth-order valence-electron chi connectivity index (χ4n) is 1.42. The first-order chi connectivity index (χ1) is 7.79. The number of hydrogen-bond acceptors (Lipinski definition) is 3. The van der Waals surface area contributed by atoms with Gasteiger partial charge in [-0.25, -0.2) is 4.98 Å². The summed E-state index contributed by atoms with van der Waals surface area (Å²) in [6.07, 6.45) is 1.73. The summed E-state index contributed by atoms with van der Waals surface area (Å²) in [5.74, 6) is 0.771. The summed E-state index contributed by atoms with van der Waals surface area (Å²) in [5, 5.41) is 3.88. The SMILES string of the molecule is NCc1cccnc1Nc1cccc(Cl)c1. The van der Waals surface area contributed by atoms with Crippen LogP contribution in [0.25, 0.3) is 0 Å². The molecule has 0 amide bonds. The van der Waals surface area contributed by atoms with Gasteiger partial charge in [0.2, 0.25) is 0 Å². The number of anilines is 2. The molecular formula is C12H12ClN3. The third-order valence-corrected chi connectivity index (χ3v) is 2.43. The summed E-state index contributed by atoms with van der Waals surface area (Å²) >= 11 is 5.90. The van der Waals surface area contributed by atoms with E-state index in [1.807, 2.05) is 36.4 Å². The smallest absolute Gasteiger partial charge is 0.134 e. The van der Waals surface area contributed by atoms with E-state index in [0.717, 1.165) is 17.1 Å². The summed E-state index contributed by atoms with van der Waals surface area (Å²) in [6.45, 7) is 0.455. The molecule has 2 aromatic rings. The average molecular weight is 234 g/mol. The van der Waals surface area contributed by atoms with Crippen molar-refractivity contribution >= 4 is 23.1 Å². The molecule has 3 nitrogen and oxygen atoms in total. The average Bonchev–Trinajstić information content (AvgIpc) is 2.30. The van der Waals surface area contributed by atoms with Crippen LogP contribution >= 0.6 is 11.6 Å². The molecule has 0 fully saturated rings. The summed E-state index contributed by atoms with van der Waals surface area (Å²) in [4.78, 5) is 4.24. The van der Waals surface area contributed by atoms with E-state index < -0.39 is 0 Å². The molecular weight excluding hydrogens is 222 g/mol. The number of aromatic nitrogens is 1. The Hall–Kier alpha value is -1.58. The highest BCUT2D eigenvalue weighted by atomic mass is 35.5. The second-order valence-electron chi connectivity index (χ2n) is 3.35. The third-order valence-electron chi connectivity index (χ3n) is 2.20. The molecule has 0 spiro atoms. The lowest BCUT2D eigenvalue weighted by Crippen LogP contribution is -2.03. The third kappa shape index (κ3) is 2.51. The highest BCUT2D eigenvalue weighted by Gasteiger charge is 2.01. The minimum atomic E-state index is 0.455. The van der Waals surface area contributed by atoms with E-state index in [9.17, 15) is 0 Å². The normalized spacial score (nSPS) is 10.1. The van der Waals surface area contributed by atoms with Gasteiger partial charge in [0.05, 0.1) is 0 Å². The maximum atomic E-state index is 5.90. The van der Waals surface area contributed by atoms with Gasteiger partial charge in [-0.3, -0.25) is 0 Å². The molecule has 0 unspecified atom stereocenters. The van der Waals surface area contributed by atoms with Gasteiger partial charge in [0, 0.05) is 29.0 Å². The Morgan fingerprint density at radius 3 is 2.88 bits per heavy atom. The van der Waals surface area contributed by atoms with Gasteiger partial charge in [-0.05, 0) is 24.3 Å². The van der Waals surface area contributed by atoms with Crippen LogP contribution in [0.5, 0.6) is 0 Å². The number of hydrogen-bond donors (Lipinski definition) is 2. The zero-order valence-electron chi connectivity index (χ0n) is 8.65. The molecule has 0 aliphatic heterocycles. The number of rotatable bonds is 3. The van der Waals surface area contributed by atoms with E-state index in [-0.39, 0.29) is 0 Å². The molecule has 4 heteroatoms. The van der Waals surface area contributed by atoms with Crippen LogP contribution < -0.4 is 11.1 Å². The Bertz CT molecular complexity index is 485. The molecule has 0 radical (unpaired) electrons. The first-order valence-corrected chi connectivity index (χ1v) is 5.34. The Kier molecular flexibility index (Phi) is 3.39. The van der Waals surface area contributed by atoms with Crippen LogP contribution in [0.3, 0.4) is 0 Å². The first kappa shape index (κ1) is 10.9. The summed E-state index contributed by atoms with van der Waals surface area (Å²) in [6, 6.07) is 11.3. The zero-order chi connectivity index (χ0) is 11.4. The van der Waals surface area contributed by atoms with Gasteiger partial charge in [0.1, 0.15) is 5.82 Å². The monoisotopic (exact) mass is 233 g/mol. The second kappa shape index (κ2) is 4.96. The van der Waals surface area contributed by atoms with Crippen molar-refractivity contribution in [3.8, 4) is 0 Å². The van der Waals surface area contributed by atoms with Crippen molar-refractivity contribution in [2.24, 2.45) is 5.73 Å². The van der Waals surface area contributed by atoms with Crippen molar-refractivity contribution in [3.05, 3.63) is 53.2 Å². The van der Waals surface area contributed by atoms with Gasteiger partial charge in [-0.1, -0.05) is 23.7 Å². The molecule has 0 atom stereocenters. The van der Waals surface area contributed by atoms with Crippen LogP contribution in [0.1, 0.15) is 5.56 Å². The van der Waals surface area contributed by atoms with Crippen molar-refractivity contribution < 1.29 is 0 Å². The predicted octanol–water partition coefficient (Wildman–Crippen LogP) is 2.94. The molecule has 0 aliphatic carbocycles. The van der Waals surface area contributed by atoms with Crippen LogP contribution in [0.2, 0.25) is 5.02 Å². The number of benzene rings is 1. The number of pyridine rings is 1. The fourth-order valence-corrected chi connectivity index (χ4v) is 1.61. The molecule has 3 N–H and O–H groups in total. The maximum Gasteiger partial charge on any atom is 0.134 e. The second-order valence-corrected chi connectivity index (χ2v) is 3.79. The lowest BCUT2D eigenvalue weighted by molar-refractivity contribution is 1.05. The number of nitrogens with one attached hydrogen (secondary N) is 1. The maximum absolute atomic E-state index is 5.90. The van der Waals surface area contributed by atoms with E-state index in [0.29, 0.717) is 11.6 Å². The molecule has 1 aromatic heterocycles. The Morgan fingerprint density at radius 1 is 1.25 bits per heavy atom. The van der Waals surface area contributed by atoms with Crippen LogP contribution in [-0.2, 0) is 6.54 Å². The van der Waals surface area contributed by atoms with E-state index in [1.165, 1.54) is 0 Å². The van der Waals surface area contributed by atoms with E-state index in [1.54, 1.807) is 6.20 Å². The van der Waals surface area contributed by atoms with Gasteiger partial charge in [0.15, 0.2) is 0 Å². The Morgan fingerprint density at radius 2 is 2.12 bits per heavy atom. The molecule has 82 valence electrons. The van der Waals surface area contributed by atoms with Gasteiger partial charge < -0.3 is 11.1 Å². The number of nitrogens with two attached hydrogens (primary N) is 1. The highest BCUT2D eigenvalue weighted by Crippen LogP contribution is 2.20. The molecule has 1 heterocycles. The van der Waals surface area contributed by atoms with Gasteiger partial charge >= 0.3 is 0 Å². The minimum Gasteiger partial charge on any atom is -0.340 e. The molecule has 0 aliphatic rings. The standard InChI is InChI=1S/C12H12ClN3/c13-10-4-1-5-11(7-10)16-12-9(8-14)3-2-6-15-12/h1-7H,8,14H2,(H,15,16). The summed E-state index contributed by atoms with van der Waals surface area (Å²) in [7, 11) is 0. The predicted molar refractivity (Wildman–Crippen MR) is 66.9 cm³/mol. The topological polar surface area (TPSA) is 50.9 Å². The Labute approximate surface area is 99.3 Å². The van der Waals surface area contributed by atoms with Gasteiger partial charge in [-0.15, -0.1) is 0 Å². The number of halogens is 1. The fraction of sp³-hybridized carbons (Fsp3) is 0.0833. The van der Waals surface area contributed by atoms with Crippen molar-refractivity contribution in [3.63, 3.8) is 0 Å². The molecule has 0 saturated carbocycles. The molecule has 0 saturated heterocycles. The lowest BCUT2D eigenvalue weighted by atomic mass is 10.2. The van der Waals surface area contributed by atoms with Gasteiger partial charge in [0.25, 0.3) is 0 Å². The Balaban J connectivity index is 2.26. The number of nitrogens with zero attached hydrogens (tertiary/aromatic N) is 1. The van der Waals surface area contributed by atoms with Crippen LogP contribution in [0.15, 0.2) is 42.6 Å². The van der Waals surface area contributed by atoms with Crippen molar-refractivity contribution in [1.29, 1.82) is 0 Å². The molecule has 1 aromatic carbocycles. The molecule has 2 rings (SSSR count). The lowest BCUT2D eigenvalue weighted by Gasteiger charge is -2.09. The minimum absolute atomic E-state index is 0.455. The highest BCUT2D eigenvalue weighted by molar-refractivity contribution is 6.30. The van der Waals surface area contributed by atoms with Crippen LogP contribution in [0.4, 0.5) is 11.5 Å². The molecule has 16 heavy (non-hydrogen) atoms. The van der Waals surface area contributed by atoms with E-state index >= 15 is 0 Å². The molecule has 0 bridgehead atoms. The first-order valence-electron chi connectivity index (χ1n) is 4.96. The largest absolute Gasteiger partial charge is 0.340 e. The van der Waals surface area contributed by atoms with E-state index in [2.05, 4.69) is 10.3 Å². The van der Waals surface area contributed by atoms with Gasteiger partial charge in [-0.2, -0.15) is 0 Å². The zero-order valence-corrected chi connectivity index (χ0v) is 9.41.